The van der Waals surface area contributed by atoms with Crippen molar-refractivity contribution < 1.29 is 4.74 Å². The predicted molar refractivity (Wildman–Crippen MR) is 78.8 cm³/mol. The monoisotopic (exact) mass is 283 g/mol. The number of hydrogen-bond donors (Lipinski definition) is 2. The lowest BCUT2D eigenvalue weighted by atomic mass is 10.0. The number of methoxy groups -OCH3 is 1. The van der Waals surface area contributed by atoms with Gasteiger partial charge in [-0.2, -0.15) is 0 Å². The number of aromatic nitrogens is 3. The summed E-state index contributed by atoms with van der Waals surface area (Å²) in [5, 5.41) is 0.948. The van der Waals surface area contributed by atoms with E-state index in [0.717, 1.165) is 16.5 Å². The lowest BCUT2D eigenvalue weighted by Gasteiger charge is -2.08. The van der Waals surface area contributed by atoms with E-state index in [1.165, 1.54) is 6.20 Å². The van der Waals surface area contributed by atoms with Crippen molar-refractivity contribution >= 4 is 10.9 Å². The third-order valence-electron chi connectivity index (χ3n) is 3.29. The fourth-order valence-electron chi connectivity index (χ4n) is 2.27. The fraction of sp³-hybridized carbons (Fsp3) is 0.133. The Morgan fingerprint density at radius 1 is 1.24 bits per heavy atom. The number of aromatic amines is 2. The van der Waals surface area contributed by atoms with Crippen molar-refractivity contribution in [3.05, 3.63) is 68.6 Å². The Morgan fingerprint density at radius 2 is 2.10 bits per heavy atom. The van der Waals surface area contributed by atoms with Gasteiger partial charge in [-0.1, -0.05) is 6.07 Å². The Kier molecular flexibility index (Phi) is 3.27. The topological polar surface area (TPSA) is 87.8 Å². The van der Waals surface area contributed by atoms with Gasteiger partial charge >= 0.3 is 5.69 Å². The van der Waals surface area contributed by atoms with E-state index >= 15 is 0 Å². The lowest BCUT2D eigenvalue weighted by Crippen LogP contribution is -2.24. The number of nitrogens with zero attached hydrogens (tertiary/aromatic N) is 1. The van der Waals surface area contributed by atoms with Crippen molar-refractivity contribution in [3.63, 3.8) is 0 Å². The molecule has 0 atom stereocenters. The van der Waals surface area contributed by atoms with Gasteiger partial charge in [0.2, 0.25) is 0 Å². The molecule has 0 saturated carbocycles. The Hall–Kier alpha value is -2.89. The van der Waals surface area contributed by atoms with Gasteiger partial charge in [-0.3, -0.25) is 14.8 Å². The summed E-state index contributed by atoms with van der Waals surface area (Å²) in [6.45, 7) is 0. The molecule has 2 heterocycles. The van der Waals surface area contributed by atoms with Crippen molar-refractivity contribution in [2.45, 2.75) is 6.42 Å². The molecule has 3 rings (SSSR count). The van der Waals surface area contributed by atoms with Gasteiger partial charge in [-0.25, -0.2) is 4.79 Å². The van der Waals surface area contributed by atoms with Crippen molar-refractivity contribution in [3.8, 4) is 5.75 Å². The average molecular weight is 283 g/mol. The molecule has 6 nitrogen and oxygen atoms in total. The normalized spacial score (nSPS) is 10.7. The fourth-order valence-corrected chi connectivity index (χ4v) is 2.27. The molecule has 0 amide bonds. The van der Waals surface area contributed by atoms with Gasteiger partial charge in [0, 0.05) is 35.8 Å². The summed E-state index contributed by atoms with van der Waals surface area (Å²) >= 11 is 0. The second-order valence-electron chi connectivity index (χ2n) is 4.63. The number of nitrogens with one attached hydrogen (secondary N) is 2. The number of hydrogen-bond acceptors (Lipinski definition) is 4. The number of fused-ring (bicyclic) bond motifs is 1. The van der Waals surface area contributed by atoms with E-state index in [0.29, 0.717) is 17.7 Å². The van der Waals surface area contributed by atoms with Crippen LogP contribution >= 0.6 is 0 Å². The van der Waals surface area contributed by atoms with E-state index in [9.17, 15) is 9.59 Å². The molecule has 21 heavy (non-hydrogen) atoms. The van der Waals surface area contributed by atoms with Crippen molar-refractivity contribution in [1.29, 1.82) is 0 Å². The Balaban J connectivity index is 2.15. The molecule has 0 radical (unpaired) electrons. The van der Waals surface area contributed by atoms with Gasteiger partial charge in [0.1, 0.15) is 5.75 Å². The molecular formula is C15H13N3O3. The summed E-state index contributed by atoms with van der Waals surface area (Å²) in [5.74, 6) is 0.678. The average Bonchev–Trinajstić information content (AvgIpc) is 2.49. The maximum absolute atomic E-state index is 11.8. The highest BCUT2D eigenvalue weighted by molar-refractivity contribution is 5.84. The van der Waals surface area contributed by atoms with Crippen LogP contribution in [0.15, 0.2) is 46.2 Å². The first-order chi connectivity index (χ1) is 10.2. The molecule has 0 aliphatic heterocycles. The molecule has 1 aromatic carbocycles. The second-order valence-corrected chi connectivity index (χ2v) is 4.63. The third-order valence-corrected chi connectivity index (χ3v) is 3.29. The van der Waals surface area contributed by atoms with Crippen molar-refractivity contribution in [2.24, 2.45) is 0 Å². The number of rotatable bonds is 3. The van der Waals surface area contributed by atoms with E-state index in [1.807, 2.05) is 24.3 Å². The molecule has 0 aliphatic rings. The quantitative estimate of drug-likeness (QED) is 0.756. The van der Waals surface area contributed by atoms with Crippen LogP contribution < -0.4 is 16.0 Å². The Labute approximate surface area is 119 Å². The maximum Gasteiger partial charge on any atom is 0.325 e. The van der Waals surface area contributed by atoms with Gasteiger partial charge in [-0.15, -0.1) is 0 Å². The first kappa shape index (κ1) is 13.1. The zero-order valence-electron chi connectivity index (χ0n) is 11.3. The summed E-state index contributed by atoms with van der Waals surface area (Å²) in [7, 11) is 1.58. The number of pyridine rings is 1. The van der Waals surface area contributed by atoms with Gasteiger partial charge in [-0.05, 0) is 17.7 Å². The van der Waals surface area contributed by atoms with E-state index < -0.39 is 11.2 Å². The predicted octanol–water partition coefficient (Wildman–Crippen LogP) is 1.21. The minimum Gasteiger partial charge on any atom is -0.497 e. The van der Waals surface area contributed by atoms with Crippen molar-refractivity contribution in [2.75, 3.05) is 7.11 Å². The highest BCUT2D eigenvalue weighted by Gasteiger charge is 2.09. The van der Waals surface area contributed by atoms with E-state index in [-0.39, 0.29) is 0 Å². The van der Waals surface area contributed by atoms with E-state index in [1.54, 1.807) is 13.3 Å². The molecule has 0 saturated heterocycles. The van der Waals surface area contributed by atoms with Crippen molar-refractivity contribution in [1.82, 2.24) is 15.0 Å². The van der Waals surface area contributed by atoms with Gasteiger partial charge in [0.05, 0.1) is 12.6 Å². The molecule has 0 spiro atoms. The van der Waals surface area contributed by atoms with Gasteiger partial charge in [0.15, 0.2) is 0 Å². The standard InChI is InChI=1S/C15H13N3O3/c1-21-11-6-9(12-3-2-4-16-13(12)7-11)5-10-8-17-15(20)18-14(10)19/h2-4,6-8H,5H2,1H3,(H2,17,18,19,20). The molecule has 0 unspecified atom stereocenters. The summed E-state index contributed by atoms with van der Waals surface area (Å²) < 4.78 is 5.27. The minimum absolute atomic E-state index is 0.380. The molecule has 106 valence electrons. The SMILES string of the molecule is COc1cc(Cc2c[nH]c(=O)[nH]c2=O)c2cccnc2c1. The van der Waals surface area contributed by atoms with Gasteiger partial charge in [0.25, 0.3) is 5.56 Å². The third kappa shape index (κ3) is 2.55. The molecular weight excluding hydrogens is 270 g/mol. The van der Waals surface area contributed by atoms with Crippen LogP contribution in [-0.4, -0.2) is 22.1 Å². The summed E-state index contributed by atoms with van der Waals surface area (Å²) in [4.78, 5) is 31.9. The van der Waals surface area contributed by atoms with Crippen LogP contribution in [0.2, 0.25) is 0 Å². The molecule has 0 bridgehead atoms. The minimum atomic E-state index is -0.513. The van der Waals surface area contributed by atoms with Gasteiger partial charge < -0.3 is 9.72 Å². The smallest absolute Gasteiger partial charge is 0.325 e. The molecule has 2 aromatic heterocycles. The summed E-state index contributed by atoms with van der Waals surface area (Å²) in [6, 6.07) is 7.50. The second kappa shape index (κ2) is 5.24. The molecule has 3 aromatic rings. The number of ether oxygens (including phenoxy) is 1. The lowest BCUT2D eigenvalue weighted by molar-refractivity contribution is 0.415. The first-order valence-corrected chi connectivity index (χ1v) is 6.40. The van der Waals surface area contributed by atoms with E-state index in [4.69, 9.17) is 4.74 Å². The molecule has 2 N–H and O–H groups in total. The number of H-pyrrole nitrogens is 2. The van der Waals surface area contributed by atoms with Crippen LogP contribution in [-0.2, 0) is 6.42 Å². The maximum atomic E-state index is 11.8. The Bertz CT molecular complexity index is 912. The van der Waals surface area contributed by atoms with Crippen LogP contribution in [0.4, 0.5) is 0 Å². The van der Waals surface area contributed by atoms with Crippen LogP contribution in [0, 0.1) is 0 Å². The summed E-state index contributed by atoms with van der Waals surface area (Å²) in [5.41, 5.74) is 1.29. The van der Waals surface area contributed by atoms with Crippen LogP contribution in [0.5, 0.6) is 5.75 Å². The molecule has 6 heteroatoms. The first-order valence-electron chi connectivity index (χ1n) is 6.40. The van der Waals surface area contributed by atoms with Crippen LogP contribution in [0.1, 0.15) is 11.1 Å². The zero-order chi connectivity index (χ0) is 14.8. The highest BCUT2D eigenvalue weighted by atomic mass is 16.5. The van der Waals surface area contributed by atoms with Crippen LogP contribution in [0.3, 0.4) is 0 Å². The number of benzene rings is 1. The van der Waals surface area contributed by atoms with E-state index in [2.05, 4.69) is 15.0 Å². The molecule has 0 aliphatic carbocycles. The summed E-state index contributed by atoms with van der Waals surface area (Å²) in [6.07, 6.45) is 3.52. The van der Waals surface area contributed by atoms with Crippen LogP contribution in [0.25, 0.3) is 10.9 Å². The highest BCUT2D eigenvalue weighted by Crippen LogP contribution is 2.25. The zero-order valence-corrected chi connectivity index (χ0v) is 11.3. The Morgan fingerprint density at radius 3 is 2.86 bits per heavy atom. The molecule has 0 fully saturated rings. The largest absolute Gasteiger partial charge is 0.497 e.